The minimum Gasteiger partial charge on any atom is -0.507 e. The van der Waals surface area contributed by atoms with Crippen LogP contribution in [0, 0.1) is 0 Å². The molecule has 0 bridgehead atoms. The van der Waals surface area contributed by atoms with Gasteiger partial charge in [0.25, 0.3) is 0 Å². The molecule has 0 radical (unpaired) electrons. The largest absolute Gasteiger partial charge is 0.507 e. The van der Waals surface area contributed by atoms with Crippen molar-refractivity contribution in [2.45, 2.75) is 6.42 Å². The summed E-state index contributed by atoms with van der Waals surface area (Å²) in [7, 11) is 0. The highest BCUT2D eigenvalue weighted by Gasteiger charge is 2.10. The van der Waals surface area contributed by atoms with Gasteiger partial charge in [-0.15, -0.1) is 0 Å². The molecule has 0 spiro atoms. The quantitative estimate of drug-likeness (QED) is 0.544. The molecule has 4 nitrogen and oxygen atoms in total. The van der Waals surface area contributed by atoms with E-state index in [1.165, 1.54) is 12.1 Å². The summed E-state index contributed by atoms with van der Waals surface area (Å²) < 4.78 is 0. The van der Waals surface area contributed by atoms with Crippen LogP contribution in [-0.2, 0) is 6.42 Å². The topological polar surface area (TPSA) is 80.9 Å². The molecule has 0 atom stereocenters. The van der Waals surface area contributed by atoms with Gasteiger partial charge in [-0.05, 0) is 41.8 Å². The van der Waals surface area contributed by atoms with Gasteiger partial charge < -0.3 is 20.4 Å². The van der Waals surface area contributed by atoms with E-state index in [0.29, 0.717) is 17.2 Å². The molecule has 0 amide bonds. The summed E-state index contributed by atoms with van der Waals surface area (Å²) in [6, 6.07) is 12.9. The molecule has 0 saturated carbocycles. The molecule has 0 saturated heterocycles. The van der Waals surface area contributed by atoms with Crippen LogP contribution in [0.15, 0.2) is 48.5 Å². The Bertz CT molecular complexity index is 824. The molecular formula is C17H14O4. The summed E-state index contributed by atoms with van der Waals surface area (Å²) >= 11 is 0. The van der Waals surface area contributed by atoms with Crippen molar-refractivity contribution in [2.24, 2.45) is 0 Å². The second-order valence-electron chi connectivity index (χ2n) is 4.94. The molecule has 21 heavy (non-hydrogen) atoms. The van der Waals surface area contributed by atoms with Gasteiger partial charge in [-0.25, -0.2) is 0 Å². The van der Waals surface area contributed by atoms with Crippen LogP contribution in [0.3, 0.4) is 0 Å². The molecular weight excluding hydrogens is 268 g/mol. The van der Waals surface area contributed by atoms with Gasteiger partial charge in [0.15, 0.2) is 11.5 Å². The zero-order valence-electron chi connectivity index (χ0n) is 11.1. The fourth-order valence-corrected chi connectivity index (χ4v) is 2.49. The molecule has 3 rings (SSSR count). The van der Waals surface area contributed by atoms with E-state index in [0.717, 1.165) is 11.1 Å². The molecule has 106 valence electrons. The first-order valence-electron chi connectivity index (χ1n) is 6.49. The Labute approximate surface area is 121 Å². The van der Waals surface area contributed by atoms with Crippen molar-refractivity contribution in [1.82, 2.24) is 0 Å². The van der Waals surface area contributed by atoms with Crippen LogP contribution in [0.4, 0.5) is 0 Å². The van der Waals surface area contributed by atoms with Crippen LogP contribution in [0.25, 0.3) is 10.8 Å². The molecule has 3 aromatic carbocycles. The van der Waals surface area contributed by atoms with Crippen molar-refractivity contribution in [1.29, 1.82) is 0 Å². The van der Waals surface area contributed by atoms with E-state index in [2.05, 4.69) is 0 Å². The lowest BCUT2D eigenvalue weighted by molar-refractivity contribution is 0.403. The maximum atomic E-state index is 10.1. The van der Waals surface area contributed by atoms with Crippen LogP contribution in [0.2, 0.25) is 0 Å². The molecule has 3 aromatic rings. The Morgan fingerprint density at radius 1 is 0.667 bits per heavy atom. The number of rotatable bonds is 2. The third kappa shape index (κ3) is 2.31. The molecule has 0 heterocycles. The third-order valence-corrected chi connectivity index (χ3v) is 3.52. The normalized spacial score (nSPS) is 10.9. The van der Waals surface area contributed by atoms with Crippen molar-refractivity contribution < 1.29 is 20.4 Å². The maximum absolute atomic E-state index is 10.1. The van der Waals surface area contributed by atoms with Gasteiger partial charge in [-0.3, -0.25) is 0 Å². The van der Waals surface area contributed by atoms with Gasteiger partial charge in [0.1, 0.15) is 11.5 Å². The van der Waals surface area contributed by atoms with Crippen molar-refractivity contribution in [3.8, 4) is 23.0 Å². The van der Waals surface area contributed by atoms with Crippen molar-refractivity contribution in [3.05, 3.63) is 59.7 Å². The highest BCUT2D eigenvalue weighted by Crippen LogP contribution is 2.35. The monoisotopic (exact) mass is 282 g/mol. The highest BCUT2D eigenvalue weighted by molar-refractivity contribution is 5.95. The lowest BCUT2D eigenvalue weighted by atomic mass is 9.97. The van der Waals surface area contributed by atoms with Crippen LogP contribution >= 0.6 is 0 Å². The van der Waals surface area contributed by atoms with Crippen molar-refractivity contribution >= 4 is 10.8 Å². The van der Waals surface area contributed by atoms with Crippen molar-refractivity contribution in [2.75, 3.05) is 0 Å². The van der Waals surface area contributed by atoms with Gasteiger partial charge in [-0.1, -0.05) is 24.3 Å². The smallest absolute Gasteiger partial charge is 0.157 e. The van der Waals surface area contributed by atoms with E-state index in [9.17, 15) is 20.4 Å². The molecule has 4 N–H and O–H groups in total. The van der Waals surface area contributed by atoms with Gasteiger partial charge in [0.2, 0.25) is 0 Å². The average molecular weight is 282 g/mol. The second kappa shape index (κ2) is 4.90. The Morgan fingerprint density at radius 3 is 2.19 bits per heavy atom. The predicted molar refractivity (Wildman–Crippen MR) is 79.9 cm³/mol. The number of benzene rings is 3. The third-order valence-electron chi connectivity index (χ3n) is 3.52. The second-order valence-corrected chi connectivity index (χ2v) is 4.94. The molecule has 0 aliphatic rings. The van der Waals surface area contributed by atoms with Gasteiger partial charge in [0, 0.05) is 10.8 Å². The number of fused-ring (bicyclic) bond motifs is 1. The van der Waals surface area contributed by atoms with Gasteiger partial charge in [0.05, 0.1) is 0 Å². The molecule has 0 aliphatic heterocycles. The van der Waals surface area contributed by atoms with E-state index in [1.807, 2.05) is 0 Å². The lowest BCUT2D eigenvalue weighted by Gasteiger charge is -2.10. The number of hydrogen-bond acceptors (Lipinski definition) is 4. The fourth-order valence-electron chi connectivity index (χ4n) is 2.49. The summed E-state index contributed by atoms with van der Waals surface area (Å²) in [4.78, 5) is 0. The number of hydrogen-bond donors (Lipinski definition) is 4. The molecule has 0 aliphatic carbocycles. The summed E-state index contributed by atoms with van der Waals surface area (Å²) in [5.41, 5.74) is 1.62. The fraction of sp³-hybridized carbons (Fsp3) is 0.0588. The molecule has 4 heteroatoms. The number of phenols is 4. The van der Waals surface area contributed by atoms with Crippen LogP contribution in [0.5, 0.6) is 23.0 Å². The predicted octanol–water partition coefficient (Wildman–Crippen LogP) is 3.25. The SMILES string of the molecule is Oc1ccc(Cc2ccc(O)c3cccc(O)c23)cc1O. The van der Waals surface area contributed by atoms with E-state index >= 15 is 0 Å². The first-order chi connectivity index (χ1) is 10.1. The van der Waals surface area contributed by atoms with Crippen LogP contribution in [0.1, 0.15) is 11.1 Å². The van der Waals surface area contributed by atoms with Gasteiger partial charge in [-0.2, -0.15) is 0 Å². The number of aromatic hydroxyl groups is 4. The summed E-state index contributed by atoms with van der Waals surface area (Å²) in [6.45, 7) is 0. The Morgan fingerprint density at radius 2 is 1.43 bits per heavy atom. The summed E-state index contributed by atoms with van der Waals surface area (Å²) in [6.07, 6.45) is 0.461. The van der Waals surface area contributed by atoms with Crippen LogP contribution in [-0.4, -0.2) is 20.4 Å². The van der Waals surface area contributed by atoms with Gasteiger partial charge >= 0.3 is 0 Å². The Hall–Kier alpha value is -2.88. The Kier molecular flexibility index (Phi) is 3.06. The number of phenolic OH excluding ortho intramolecular Hbond substituents is 4. The Balaban J connectivity index is 2.12. The molecule has 0 unspecified atom stereocenters. The van der Waals surface area contributed by atoms with Crippen molar-refractivity contribution in [3.63, 3.8) is 0 Å². The average Bonchev–Trinajstić information content (AvgIpc) is 2.46. The minimum atomic E-state index is -0.181. The standard InChI is InChI=1S/C17H14O4/c18-13-7-5-11(17-12(13)2-1-3-15(17)20)8-10-4-6-14(19)16(21)9-10/h1-7,9,18-21H,8H2. The van der Waals surface area contributed by atoms with Crippen LogP contribution < -0.4 is 0 Å². The molecule has 0 aromatic heterocycles. The van der Waals surface area contributed by atoms with E-state index in [4.69, 9.17) is 0 Å². The first-order valence-corrected chi connectivity index (χ1v) is 6.49. The zero-order valence-corrected chi connectivity index (χ0v) is 11.1. The lowest BCUT2D eigenvalue weighted by Crippen LogP contribution is -1.91. The van der Waals surface area contributed by atoms with E-state index in [-0.39, 0.29) is 23.0 Å². The zero-order chi connectivity index (χ0) is 15.0. The highest BCUT2D eigenvalue weighted by atomic mass is 16.3. The van der Waals surface area contributed by atoms with E-state index in [1.54, 1.807) is 36.4 Å². The summed E-state index contributed by atoms with van der Waals surface area (Å²) in [5.74, 6) is -0.142. The van der Waals surface area contributed by atoms with E-state index < -0.39 is 0 Å². The molecule has 0 fully saturated rings. The summed E-state index contributed by atoms with van der Waals surface area (Å²) in [5, 5.41) is 40.0. The minimum absolute atomic E-state index is 0.0985. The first kappa shape index (κ1) is 13.1. The maximum Gasteiger partial charge on any atom is 0.157 e.